The van der Waals surface area contributed by atoms with Crippen molar-refractivity contribution in [1.82, 2.24) is 10.6 Å². The van der Waals surface area contributed by atoms with E-state index < -0.39 is 0 Å². The highest BCUT2D eigenvalue weighted by molar-refractivity contribution is 5.81. The van der Waals surface area contributed by atoms with Crippen LogP contribution >= 0.6 is 0 Å². The predicted octanol–water partition coefficient (Wildman–Crippen LogP) is 0.372. The van der Waals surface area contributed by atoms with Gasteiger partial charge in [0.2, 0.25) is 5.91 Å². The highest BCUT2D eigenvalue weighted by Gasteiger charge is 2.32. The van der Waals surface area contributed by atoms with E-state index in [1.54, 1.807) is 0 Å². The molecular formula is C11H23N3O. The summed E-state index contributed by atoms with van der Waals surface area (Å²) in [7, 11) is 0. The molecule has 4 nitrogen and oxygen atoms in total. The van der Waals surface area contributed by atoms with Crippen LogP contribution in [0.15, 0.2) is 0 Å². The Morgan fingerprint density at radius 2 is 2.20 bits per heavy atom. The molecule has 1 atom stereocenters. The lowest BCUT2D eigenvalue weighted by atomic mass is 9.77. The van der Waals surface area contributed by atoms with E-state index in [1.165, 1.54) is 6.42 Å². The van der Waals surface area contributed by atoms with Gasteiger partial charge in [-0.05, 0) is 32.6 Å². The van der Waals surface area contributed by atoms with Gasteiger partial charge in [0.05, 0.1) is 6.04 Å². The van der Waals surface area contributed by atoms with E-state index in [1.807, 2.05) is 13.8 Å². The van der Waals surface area contributed by atoms with E-state index in [0.29, 0.717) is 0 Å². The van der Waals surface area contributed by atoms with Crippen molar-refractivity contribution in [2.75, 3.05) is 13.1 Å². The van der Waals surface area contributed by atoms with Gasteiger partial charge in [0, 0.05) is 18.6 Å². The van der Waals surface area contributed by atoms with Crippen LogP contribution in [0.25, 0.3) is 0 Å². The van der Waals surface area contributed by atoms with Crippen molar-refractivity contribution in [2.24, 2.45) is 5.73 Å². The zero-order chi connectivity index (χ0) is 11.3. The van der Waals surface area contributed by atoms with E-state index >= 15 is 0 Å². The fraction of sp³-hybridized carbons (Fsp3) is 0.909. The third-order valence-corrected chi connectivity index (χ3v) is 3.05. The molecule has 0 aromatic carbocycles. The molecule has 0 saturated heterocycles. The molecular weight excluding hydrogens is 190 g/mol. The maximum atomic E-state index is 11.5. The third kappa shape index (κ3) is 3.80. The van der Waals surface area contributed by atoms with Crippen molar-refractivity contribution >= 4 is 5.91 Å². The average molecular weight is 213 g/mol. The van der Waals surface area contributed by atoms with E-state index in [-0.39, 0.29) is 17.5 Å². The molecule has 1 unspecified atom stereocenters. The number of nitrogens with one attached hydrogen (secondary N) is 2. The summed E-state index contributed by atoms with van der Waals surface area (Å²) in [5.41, 5.74) is 6.00. The number of nitrogens with two attached hydrogens (primary N) is 1. The smallest absolute Gasteiger partial charge is 0.236 e. The van der Waals surface area contributed by atoms with Gasteiger partial charge in [-0.15, -0.1) is 0 Å². The van der Waals surface area contributed by atoms with Gasteiger partial charge in [0.15, 0.2) is 0 Å². The Bertz CT molecular complexity index is 214. The second-order valence-corrected chi connectivity index (χ2v) is 4.61. The molecule has 0 radical (unpaired) electrons. The molecule has 1 amide bonds. The molecule has 0 aromatic rings. The Morgan fingerprint density at radius 3 is 2.67 bits per heavy atom. The van der Waals surface area contributed by atoms with Crippen LogP contribution in [-0.2, 0) is 4.79 Å². The van der Waals surface area contributed by atoms with Crippen LogP contribution in [0.4, 0.5) is 0 Å². The van der Waals surface area contributed by atoms with Crippen molar-refractivity contribution in [1.29, 1.82) is 0 Å². The first kappa shape index (κ1) is 12.5. The van der Waals surface area contributed by atoms with Crippen LogP contribution in [0.1, 0.15) is 39.5 Å². The molecule has 1 saturated carbocycles. The summed E-state index contributed by atoms with van der Waals surface area (Å²) in [4.78, 5) is 11.5. The molecule has 88 valence electrons. The van der Waals surface area contributed by atoms with Gasteiger partial charge in [0.25, 0.3) is 0 Å². The first-order valence-electron chi connectivity index (χ1n) is 5.87. The minimum Gasteiger partial charge on any atom is -0.355 e. The first-order valence-corrected chi connectivity index (χ1v) is 5.87. The average Bonchev–Trinajstić information content (AvgIpc) is 2.19. The molecule has 1 aliphatic carbocycles. The van der Waals surface area contributed by atoms with Crippen LogP contribution in [0.5, 0.6) is 0 Å². The lowest BCUT2D eigenvalue weighted by molar-refractivity contribution is -0.122. The fourth-order valence-corrected chi connectivity index (χ4v) is 1.66. The fourth-order valence-electron chi connectivity index (χ4n) is 1.66. The molecule has 0 spiro atoms. The third-order valence-electron chi connectivity index (χ3n) is 3.05. The number of amides is 1. The second kappa shape index (κ2) is 5.47. The van der Waals surface area contributed by atoms with Gasteiger partial charge in [0.1, 0.15) is 0 Å². The Morgan fingerprint density at radius 1 is 1.53 bits per heavy atom. The lowest BCUT2D eigenvalue weighted by Gasteiger charge is -2.38. The molecule has 4 heteroatoms. The summed E-state index contributed by atoms with van der Waals surface area (Å²) in [5, 5.41) is 6.06. The highest BCUT2D eigenvalue weighted by Crippen LogP contribution is 2.28. The molecule has 15 heavy (non-hydrogen) atoms. The lowest BCUT2D eigenvalue weighted by Crippen LogP contribution is -2.57. The second-order valence-electron chi connectivity index (χ2n) is 4.61. The summed E-state index contributed by atoms with van der Waals surface area (Å²) in [5.74, 6) is 0.0692. The van der Waals surface area contributed by atoms with Crippen molar-refractivity contribution in [2.45, 2.75) is 51.1 Å². The Kier molecular flexibility index (Phi) is 4.54. The molecule has 1 fully saturated rings. The normalized spacial score (nSPS) is 20.5. The summed E-state index contributed by atoms with van der Waals surface area (Å²) < 4.78 is 0. The molecule has 1 rings (SSSR count). The summed E-state index contributed by atoms with van der Waals surface area (Å²) >= 11 is 0. The minimum atomic E-state index is -0.141. The molecule has 0 bridgehead atoms. The summed E-state index contributed by atoms with van der Waals surface area (Å²) in [6.07, 6.45) is 4.33. The molecule has 1 aliphatic rings. The largest absolute Gasteiger partial charge is 0.355 e. The quantitative estimate of drug-likeness (QED) is 0.597. The topological polar surface area (TPSA) is 67.2 Å². The van der Waals surface area contributed by atoms with Crippen LogP contribution in [-0.4, -0.2) is 30.6 Å². The number of hydrogen-bond donors (Lipinski definition) is 3. The van der Waals surface area contributed by atoms with Crippen molar-refractivity contribution in [3.63, 3.8) is 0 Å². The molecule has 0 aliphatic heterocycles. The standard InChI is InChI=1S/C11H23N3O/c1-3-7-13-10(15)9(2)14-8-11(12)5-4-6-11/h9,14H,3-8,12H2,1-2H3,(H,13,15). The molecule has 0 heterocycles. The Hall–Kier alpha value is -0.610. The van der Waals surface area contributed by atoms with Gasteiger partial charge in [-0.1, -0.05) is 6.92 Å². The Balaban J connectivity index is 2.17. The highest BCUT2D eigenvalue weighted by atomic mass is 16.2. The van der Waals surface area contributed by atoms with E-state index in [9.17, 15) is 4.79 Å². The SMILES string of the molecule is CCCNC(=O)C(C)NCC1(N)CCC1. The maximum absolute atomic E-state index is 11.5. The van der Waals surface area contributed by atoms with E-state index in [0.717, 1.165) is 32.4 Å². The van der Waals surface area contributed by atoms with Gasteiger partial charge < -0.3 is 16.4 Å². The van der Waals surface area contributed by atoms with Crippen LogP contribution in [0.3, 0.4) is 0 Å². The molecule has 0 aromatic heterocycles. The first-order chi connectivity index (χ1) is 7.07. The maximum Gasteiger partial charge on any atom is 0.236 e. The van der Waals surface area contributed by atoms with Gasteiger partial charge >= 0.3 is 0 Å². The van der Waals surface area contributed by atoms with Gasteiger partial charge in [-0.2, -0.15) is 0 Å². The number of carbonyl (C=O) groups excluding carboxylic acids is 1. The van der Waals surface area contributed by atoms with Crippen LogP contribution < -0.4 is 16.4 Å². The zero-order valence-corrected chi connectivity index (χ0v) is 9.81. The number of hydrogen-bond acceptors (Lipinski definition) is 3. The van der Waals surface area contributed by atoms with E-state index in [2.05, 4.69) is 10.6 Å². The Labute approximate surface area is 92.0 Å². The van der Waals surface area contributed by atoms with E-state index in [4.69, 9.17) is 5.73 Å². The predicted molar refractivity (Wildman–Crippen MR) is 61.5 cm³/mol. The van der Waals surface area contributed by atoms with Crippen molar-refractivity contribution in [3.05, 3.63) is 0 Å². The van der Waals surface area contributed by atoms with Gasteiger partial charge in [-0.3, -0.25) is 4.79 Å². The summed E-state index contributed by atoms with van der Waals surface area (Å²) in [6, 6.07) is -0.141. The minimum absolute atomic E-state index is 0.0563. The zero-order valence-electron chi connectivity index (χ0n) is 9.81. The van der Waals surface area contributed by atoms with Crippen molar-refractivity contribution < 1.29 is 4.79 Å². The molecule has 4 N–H and O–H groups in total. The van der Waals surface area contributed by atoms with Crippen LogP contribution in [0, 0.1) is 0 Å². The summed E-state index contributed by atoms with van der Waals surface area (Å²) in [6.45, 7) is 5.42. The monoisotopic (exact) mass is 213 g/mol. The van der Waals surface area contributed by atoms with Gasteiger partial charge in [-0.25, -0.2) is 0 Å². The number of carbonyl (C=O) groups is 1. The van der Waals surface area contributed by atoms with Crippen molar-refractivity contribution in [3.8, 4) is 0 Å². The van der Waals surface area contributed by atoms with Crippen LogP contribution in [0.2, 0.25) is 0 Å². The number of rotatable bonds is 6.